The lowest BCUT2D eigenvalue weighted by molar-refractivity contribution is -0.0541. The molecule has 0 rings (SSSR count). The fourth-order valence-electron chi connectivity index (χ4n) is 0.223. The Morgan fingerprint density at radius 2 is 2.00 bits per heavy atom. The second kappa shape index (κ2) is 3.85. The Morgan fingerprint density at radius 1 is 1.50 bits per heavy atom. The monoisotopic (exact) mass is 119 g/mol. The van der Waals surface area contributed by atoms with Crippen molar-refractivity contribution in [2.24, 2.45) is 0 Å². The van der Waals surface area contributed by atoms with Crippen LogP contribution in [0.2, 0.25) is 0 Å². The van der Waals surface area contributed by atoms with Gasteiger partial charge in [0.15, 0.2) is 0 Å². The van der Waals surface area contributed by atoms with Crippen molar-refractivity contribution >= 4 is 7.32 Å². The number of hydrogen-bond acceptors (Lipinski definition) is 4. The first-order valence-corrected chi connectivity index (χ1v) is 2.21. The summed E-state index contributed by atoms with van der Waals surface area (Å²) in [7, 11) is 3.52. The second-order valence-electron chi connectivity index (χ2n) is 1.46. The third kappa shape index (κ3) is 4.07. The Morgan fingerprint density at radius 3 is 2.12 bits per heavy atom. The molecule has 0 atom stereocenters. The van der Waals surface area contributed by atoms with Gasteiger partial charge in [-0.25, -0.2) is 5.06 Å². The summed E-state index contributed by atoms with van der Waals surface area (Å²) in [5.74, 6) is 0. The lowest BCUT2D eigenvalue weighted by atomic mass is 10.3. The molecule has 0 fully saturated rings. The van der Waals surface area contributed by atoms with Crippen molar-refractivity contribution in [3.8, 4) is 0 Å². The molecule has 0 aromatic rings. The summed E-state index contributed by atoms with van der Waals surface area (Å²) in [6.07, 6.45) is 0. The van der Waals surface area contributed by atoms with Crippen molar-refractivity contribution in [1.29, 1.82) is 0 Å². The van der Waals surface area contributed by atoms with Crippen LogP contribution >= 0.6 is 0 Å². The molecule has 4 nitrogen and oxygen atoms in total. The van der Waals surface area contributed by atoms with Gasteiger partial charge >= 0.3 is 7.32 Å². The topological polar surface area (TPSA) is 41.9 Å². The van der Waals surface area contributed by atoms with E-state index in [4.69, 9.17) is 5.02 Å². The molecule has 5 heteroatoms. The Kier molecular flexibility index (Phi) is 3.81. The zero-order chi connectivity index (χ0) is 6.57. The van der Waals surface area contributed by atoms with Crippen LogP contribution in [0.1, 0.15) is 0 Å². The smallest absolute Gasteiger partial charge is 0.401 e. The van der Waals surface area contributed by atoms with Crippen LogP contribution in [0.25, 0.3) is 0 Å². The molecule has 0 saturated carbocycles. The van der Waals surface area contributed by atoms with E-state index in [2.05, 4.69) is 9.41 Å². The van der Waals surface area contributed by atoms with Gasteiger partial charge in [-0.1, -0.05) is 0 Å². The van der Waals surface area contributed by atoms with Crippen LogP contribution in [0.15, 0.2) is 0 Å². The van der Waals surface area contributed by atoms with Crippen molar-refractivity contribution in [2.75, 3.05) is 21.2 Å². The lowest BCUT2D eigenvalue weighted by Gasteiger charge is -2.10. The summed E-state index contributed by atoms with van der Waals surface area (Å²) in [4.78, 5) is 0. The van der Waals surface area contributed by atoms with Crippen molar-refractivity contribution in [2.45, 2.75) is 0 Å². The van der Waals surface area contributed by atoms with E-state index in [9.17, 15) is 0 Å². The van der Waals surface area contributed by atoms with Gasteiger partial charge in [-0.15, -0.1) is 0 Å². The minimum Gasteiger partial charge on any atom is -0.401 e. The molecular weight excluding hydrogens is 109 g/mol. The van der Waals surface area contributed by atoms with E-state index in [0.29, 0.717) is 0 Å². The Hall–Kier alpha value is -0.0951. The molecule has 0 radical (unpaired) electrons. The maximum absolute atomic E-state index is 8.54. The first-order valence-electron chi connectivity index (χ1n) is 2.21. The molecule has 0 aromatic heterocycles. The summed E-state index contributed by atoms with van der Waals surface area (Å²) < 4.78 is 8.92. The zero-order valence-corrected chi connectivity index (χ0v) is 5.29. The Bertz CT molecular complexity index is 60.5. The van der Waals surface area contributed by atoms with Gasteiger partial charge < -0.3 is 9.68 Å². The van der Waals surface area contributed by atoms with Crippen molar-refractivity contribution < 1.29 is 14.4 Å². The van der Waals surface area contributed by atoms with Gasteiger partial charge in [-0.2, -0.15) is 0 Å². The summed E-state index contributed by atoms with van der Waals surface area (Å²) in [5.41, 5.74) is 0. The zero-order valence-electron chi connectivity index (χ0n) is 5.29. The highest BCUT2D eigenvalue weighted by atomic mass is 16.8. The van der Waals surface area contributed by atoms with Gasteiger partial charge in [0, 0.05) is 21.2 Å². The molecule has 0 spiro atoms. The quantitative estimate of drug-likeness (QED) is 0.386. The summed E-state index contributed by atoms with van der Waals surface area (Å²) >= 11 is 0. The molecule has 8 heavy (non-hydrogen) atoms. The average molecular weight is 119 g/mol. The maximum Gasteiger partial charge on any atom is 0.654 e. The van der Waals surface area contributed by atoms with Gasteiger partial charge in [0.05, 0.1) is 0 Å². The molecule has 0 aliphatic rings. The summed E-state index contributed by atoms with van der Waals surface area (Å²) in [6, 6.07) is 0. The van der Waals surface area contributed by atoms with Crippen molar-refractivity contribution in [1.82, 2.24) is 5.06 Å². The van der Waals surface area contributed by atoms with Crippen LogP contribution in [0.5, 0.6) is 0 Å². The third-order valence-corrected chi connectivity index (χ3v) is 0.503. The second-order valence-corrected chi connectivity index (χ2v) is 1.46. The molecule has 1 N–H and O–H groups in total. The predicted octanol–water partition coefficient (Wildman–Crippen LogP) is -0.897. The van der Waals surface area contributed by atoms with Crippen LogP contribution in [0.4, 0.5) is 0 Å². The molecule has 0 unspecified atom stereocenters. The van der Waals surface area contributed by atoms with Gasteiger partial charge in [-0.3, -0.25) is 4.76 Å². The van der Waals surface area contributed by atoms with Crippen LogP contribution in [0, 0.1) is 0 Å². The van der Waals surface area contributed by atoms with Crippen LogP contribution < -0.4 is 0 Å². The Balaban J connectivity index is 3.10. The summed E-state index contributed by atoms with van der Waals surface area (Å²) in [5, 5.41) is 9.90. The van der Waals surface area contributed by atoms with Crippen LogP contribution in [-0.2, 0) is 9.41 Å². The highest BCUT2D eigenvalue weighted by Crippen LogP contribution is 1.82. The van der Waals surface area contributed by atoms with Crippen LogP contribution in [0.3, 0.4) is 0 Å². The minimum atomic E-state index is -1.15. The SMILES string of the molecule is COB(O)ON(C)C. The minimum absolute atomic E-state index is 1.15. The van der Waals surface area contributed by atoms with E-state index in [1.807, 2.05) is 0 Å². The van der Waals surface area contributed by atoms with Crippen molar-refractivity contribution in [3.63, 3.8) is 0 Å². The third-order valence-electron chi connectivity index (χ3n) is 0.503. The fourth-order valence-corrected chi connectivity index (χ4v) is 0.223. The van der Waals surface area contributed by atoms with E-state index < -0.39 is 7.32 Å². The fraction of sp³-hybridized carbons (Fsp3) is 1.00. The molecule has 0 saturated heterocycles. The predicted molar refractivity (Wildman–Crippen MR) is 29.8 cm³/mol. The highest BCUT2D eigenvalue weighted by Gasteiger charge is 2.13. The normalized spacial score (nSPS) is 10.1. The molecule has 0 aromatic carbocycles. The number of hydroxylamine groups is 2. The molecule has 48 valence electrons. The van der Waals surface area contributed by atoms with E-state index in [-0.39, 0.29) is 0 Å². The molecule has 0 amide bonds. The number of hydrogen-bond donors (Lipinski definition) is 1. The molecule has 0 heterocycles. The van der Waals surface area contributed by atoms with E-state index in [0.717, 1.165) is 0 Å². The van der Waals surface area contributed by atoms with Gasteiger partial charge in [0.1, 0.15) is 0 Å². The van der Waals surface area contributed by atoms with E-state index >= 15 is 0 Å². The van der Waals surface area contributed by atoms with Crippen molar-refractivity contribution in [3.05, 3.63) is 0 Å². The van der Waals surface area contributed by atoms with Gasteiger partial charge in [-0.05, 0) is 0 Å². The first-order chi connectivity index (χ1) is 3.66. The van der Waals surface area contributed by atoms with Gasteiger partial charge in [0.25, 0.3) is 0 Å². The molecule has 0 aliphatic carbocycles. The van der Waals surface area contributed by atoms with E-state index in [1.54, 1.807) is 14.1 Å². The lowest BCUT2D eigenvalue weighted by Crippen LogP contribution is -2.28. The first kappa shape index (κ1) is 7.90. The molecular formula is C3H10BNO3. The summed E-state index contributed by atoms with van der Waals surface area (Å²) in [6.45, 7) is 0. The highest BCUT2D eigenvalue weighted by molar-refractivity contribution is 6.34. The number of nitrogens with zero attached hydrogens (tertiary/aromatic N) is 1. The largest absolute Gasteiger partial charge is 0.654 e. The Labute approximate surface area is 49.1 Å². The standard InChI is InChI=1S/C3H10BNO3/c1-5(2)8-4(6)7-3/h6H,1-3H3. The van der Waals surface area contributed by atoms with Gasteiger partial charge in [0.2, 0.25) is 0 Å². The molecule has 0 bridgehead atoms. The number of rotatable bonds is 3. The maximum atomic E-state index is 8.54. The van der Waals surface area contributed by atoms with Crippen LogP contribution in [-0.4, -0.2) is 38.6 Å². The average Bonchev–Trinajstić information content (AvgIpc) is 1.65. The molecule has 0 aliphatic heterocycles. The van der Waals surface area contributed by atoms with E-state index in [1.165, 1.54) is 12.2 Å².